The molecule has 1 aliphatic carbocycles. The molecule has 0 aromatic heterocycles. The van der Waals surface area contributed by atoms with Crippen molar-refractivity contribution >= 4 is 11.8 Å². The molecule has 5 heteroatoms. The summed E-state index contributed by atoms with van der Waals surface area (Å²) >= 11 is 0. The Labute approximate surface area is 102 Å². The second-order valence-electron chi connectivity index (χ2n) is 5.10. The second-order valence-corrected chi connectivity index (χ2v) is 5.10. The van der Waals surface area contributed by atoms with Crippen LogP contribution in [0.4, 0.5) is 0 Å². The molecule has 0 radical (unpaired) electrons. The smallest absolute Gasteiger partial charge is 0.236 e. The minimum Gasteiger partial charge on any atom is -0.352 e. The maximum absolute atomic E-state index is 11.8. The fraction of sp³-hybridized carbons (Fsp3) is 0.833. The summed E-state index contributed by atoms with van der Waals surface area (Å²) < 4.78 is 0. The molecule has 1 heterocycles. The molecule has 1 unspecified atom stereocenters. The Hall–Kier alpha value is -1.10. The van der Waals surface area contributed by atoms with Gasteiger partial charge in [-0.3, -0.25) is 9.59 Å². The summed E-state index contributed by atoms with van der Waals surface area (Å²) in [6.45, 7) is 4.33. The Kier molecular flexibility index (Phi) is 3.99. The first kappa shape index (κ1) is 12.4. The first-order valence-corrected chi connectivity index (χ1v) is 6.40. The van der Waals surface area contributed by atoms with Crippen molar-refractivity contribution < 1.29 is 9.59 Å². The molecule has 0 bridgehead atoms. The number of hydrogen-bond acceptors (Lipinski definition) is 3. The van der Waals surface area contributed by atoms with Crippen molar-refractivity contribution in [2.24, 2.45) is 5.92 Å². The average Bonchev–Trinajstić information content (AvgIpc) is 2.96. The van der Waals surface area contributed by atoms with Crippen LogP contribution in [0.2, 0.25) is 0 Å². The highest BCUT2D eigenvalue weighted by Crippen LogP contribution is 2.27. The van der Waals surface area contributed by atoms with Crippen LogP contribution in [0.25, 0.3) is 0 Å². The van der Waals surface area contributed by atoms with Crippen LogP contribution < -0.4 is 10.6 Å². The van der Waals surface area contributed by atoms with Crippen LogP contribution in [-0.2, 0) is 9.59 Å². The molecule has 17 heavy (non-hydrogen) atoms. The number of nitrogens with one attached hydrogen (secondary N) is 2. The molecule has 2 rings (SSSR count). The Balaban J connectivity index is 1.64. The molecular weight excluding hydrogens is 218 g/mol. The highest BCUT2D eigenvalue weighted by molar-refractivity contribution is 5.79. The molecule has 2 fully saturated rings. The molecule has 1 saturated heterocycles. The zero-order valence-corrected chi connectivity index (χ0v) is 10.4. The number of likely N-dealkylation sites (tertiary alicyclic amines) is 1. The van der Waals surface area contributed by atoms with Gasteiger partial charge < -0.3 is 15.5 Å². The lowest BCUT2D eigenvalue weighted by Gasteiger charge is -2.17. The molecule has 5 nitrogen and oxygen atoms in total. The van der Waals surface area contributed by atoms with Gasteiger partial charge in [0.05, 0.1) is 6.54 Å². The van der Waals surface area contributed by atoms with Gasteiger partial charge in [-0.05, 0) is 31.7 Å². The summed E-state index contributed by atoms with van der Waals surface area (Å²) in [6.07, 6.45) is 3.47. The van der Waals surface area contributed by atoms with Gasteiger partial charge in [-0.15, -0.1) is 0 Å². The van der Waals surface area contributed by atoms with Gasteiger partial charge in [-0.25, -0.2) is 0 Å². The fourth-order valence-corrected chi connectivity index (χ4v) is 2.21. The predicted molar refractivity (Wildman–Crippen MR) is 64.4 cm³/mol. The van der Waals surface area contributed by atoms with Gasteiger partial charge >= 0.3 is 0 Å². The van der Waals surface area contributed by atoms with Crippen molar-refractivity contribution in [3.8, 4) is 0 Å². The van der Waals surface area contributed by atoms with Crippen LogP contribution in [0.5, 0.6) is 0 Å². The molecule has 2 aliphatic rings. The van der Waals surface area contributed by atoms with Crippen molar-refractivity contribution in [3.63, 3.8) is 0 Å². The van der Waals surface area contributed by atoms with Crippen molar-refractivity contribution in [2.75, 3.05) is 26.2 Å². The third-order valence-electron chi connectivity index (χ3n) is 3.35. The third-order valence-corrected chi connectivity index (χ3v) is 3.35. The third kappa shape index (κ3) is 4.00. The molecule has 0 spiro atoms. The lowest BCUT2D eigenvalue weighted by Crippen LogP contribution is -2.40. The van der Waals surface area contributed by atoms with Crippen LogP contribution in [0.1, 0.15) is 26.2 Å². The first-order chi connectivity index (χ1) is 8.15. The van der Waals surface area contributed by atoms with Crippen LogP contribution in [0, 0.1) is 5.92 Å². The largest absolute Gasteiger partial charge is 0.352 e. The summed E-state index contributed by atoms with van der Waals surface area (Å²) in [4.78, 5) is 24.6. The van der Waals surface area contributed by atoms with Crippen molar-refractivity contribution in [1.29, 1.82) is 0 Å². The highest BCUT2D eigenvalue weighted by Gasteiger charge is 2.27. The molecule has 1 atom stereocenters. The fourth-order valence-electron chi connectivity index (χ4n) is 2.21. The molecule has 2 amide bonds. The number of nitrogens with zero attached hydrogens (tertiary/aromatic N) is 1. The van der Waals surface area contributed by atoms with E-state index < -0.39 is 0 Å². The van der Waals surface area contributed by atoms with Gasteiger partial charge in [-0.1, -0.05) is 0 Å². The predicted octanol–water partition coefficient (Wildman–Crippen LogP) is -0.277. The Morgan fingerprint density at radius 3 is 2.71 bits per heavy atom. The van der Waals surface area contributed by atoms with Gasteiger partial charge in [0, 0.05) is 26.1 Å². The molecule has 1 saturated carbocycles. The normalized spacial score (nSPS) is 23.8. The molecule has 1 aliphatic heterocycles. The van der Waals surface area contributed by atoms with Gasteiger partial charge in [0.2, 0.25) is 11.8 Å². The monoisotopic (exact) mass is 239 g/mol. The first-order valence-electron chi connectivity index (χ1n) is 6.40. The van der Waals surface area contributed by atoms with E-state index >= 15 is 0 Å². The number of carbonyl (C=O) groups is 2. The van der Waals surface area contributed by atoms with E-state index in [-0.39, 0.29) is 17.9 Å². The standard InChI is InChI=1S/C12H21N3O2/c1-9(16)14-11-4-5-15(8-11)12(17)7-13-6-10-2-3-10/h10-11,13H,2-8H2,1H3,(H,14,16). The van der Waals surface area contributed by atoms with E-state index in [2.05, 4.69) is 10.6 Å². The van der Waals surface area contributed by atoms with Gasteiger partial charge in [0.1, 0.15) is 0 Å². The van der Waals surface area contributed by atoms with Gasteiger partial charge in [0.25, 0.3) is 0 Å². The van der Waals surface area contributed by atoms with Gasteiger partial charge in [-0.2, -0.15) is 0 Å². The molecular formula is C12H21N3O2. The van der Waals surface area contributed by atoms with E-state index in [4.69, 9.17) is 0 Å². The zero-order valence-electron chi connectivity index (χ0n) is 10.4. The number of hydrogen-bond donors (Lipinski definition) is 2. The van der Waals surface area contributed by atoms with Crippen LogP contribution in [0.3, 0.4) is 0 Å². The lowest BCUT2D eigenvalue weighted by molar-refractivity contribution is -0.129. The maximum atomic E-state index is 11.8. The summed E-state index contributed by atoms with van der Waals surface area (Å²) in [6, 6.07) is 0.139. The summed E-state index contributed by atoms with van der Waals surface area (Å²) in [5.41, 5.74) is 0. The molecule has 2 N–H and O–H groups in total. The Morgan fingerprint density at radius 1 is 1.29 bits per heavy atom. The van der Waals surface area contributed by atoms with Crippen LogP contribution in [0.15, 0.2) is 0 Å². The van der Waals surface area contributed by atoms with Crippen LogP contribution >= 0.6 is 0 Å². The second kappa shape index (κ2) is 5.49. The van der Waals surface area contributed by atoms with Crippen molar-refractivity contribution in [1.82, 2.24) is 15.5 Å². The highest BCUT2D eigenvalue weighted by atomic mass is 16.2. The summed E-state index contributed by atoms with van der Waals surface area (Å²) in [5.74, 6) is 0.933. The topological polar surface area (TPSA) is 61.4 Å². The van der Waals surface area contributed by atoms with Crippen molar-refractivity contribution in [2.45, 2.75) is 32.2 Å². The SMILES string of the molecule is CC(=O)NC1CCN(C(=O)CNCC2CC2)C1. The lowest BCUT2D eigenvalue weighted by atomic mass is 10.3. The van der Waals surface area contributed by atoms with E-state index in [0.717, 1.165) is 25.4 Å². The van der Waals surface area contributed by atoms with Gasteiger partial charge in [0.15, 0.2) is 0 Å². The number of rotatable bonds is 5. The molecule has 0 aromatic carbocycles. The van der Waals surface area contributed by atoms with E-state index in [1.54, 1.807) is 0 Å². The van der Waals surface area contributed by atoms with E-state index in [9.17, 15) is 9.59 Å². The number of carbonyl (C=O) groups excluding carboxylic acids is 2. The summed E-state index contributed by atoms with van der Waals surface area (Å²) in [5, 5.41) is 6.06. The Morgan fingerprint density at radius 2 is 2.06 bits per heavy atom. The minimum atomic E-state index is -0.0174. The maximum Gasteiger partial charge on any atom is 0.236 e. The number of amides is 2. The van der Waals surface area contributed by atoms with E-state index in [0.29, 0.717) is 13.1 Å². The average molecular weight is 239 g/mol. The van der Waals surface area contributed by atoms with Crippen molar-refractivity contribution in [3.05, 3.63) is 0 Å². The quantitative estimate of drug-likeness (QED) is 0.694. The summed E-state index contributed by atoms with van der Waals surface area (Å²) in [7, 11) is 0. The molecule has 0 aromatic rings. The minimum absolute atomic E-state index is 0.0174. The van der Waals surface area contributed by atoms with E-state index in [1.807, 2.05) is 4.90 Å². The Bertz CT molecular complexity index is 302. The zero-order chi connectivity index (χ0) is 12.3. The van der Waals surface area contributed by atoms with Crippen LogP contribution in [-0.4, -0.2) is 48.9 Å². The molecule has 96 valence electrons. The van der Waals surface area contributed by atoms with E-state index in [1.165, 1.54) is 19.8 Å².